The van der Waals surface area contributed by atoms with Gasteiger partial charge in [-0.25, -0.2) is 9.59 Å². The normalized spacial score (nSPS) is 25.8. The Bertz CT molecular complexity index is 372. The van der Waals surface area contributed by atoms with Crippen molar-refractivity contribution in [1.29, 1.82) is 0 Å². The van der Waals surface area contributed by atoms with Crippen LogP contribution in [0.3, 0.4) is 0 Å². The number of carboxylic acids is 1. The molecular weight excluding hydrogens is 254 g/mol. The Kier molecular flexibility index (Phi) is 3.44. The second-order valence-electron chi connectivity index (χ2n) is 5.97. The molecule has 0 aromatic rings. The fourth-order valence-corrected chi connectivity index (χ4v) is 2.02. The smallest absolute Gasteiger partial charge is 0.410 e. The first-order valence-electron chi connectivity index (χ1n) is 6.17. The molecule has 2 fully saturated rings. The molecule has 7 nitrogen and oxygen atoms in total. The molecule has 1 atom stereocenters. The lowest BCUT2D eigenvalue weighted by Crippen LogP contribution is -2.70. The first-order valence-corrected chi connectivity index (χ1v) is 6.17. The fourth-order valence-electron chi connectivity index (χ4n) is 2.02. The Balaban J connectivity index is 1.80. The number of carboxylic acid groups (broad SMARTS) is 1. The highest BCUT2D eigenvalue weighted by Crippen LogP contribution is 2.30. The van der Waals surface area contributed by atoms with Crippen molar-refractivity contribution in [1.82, 2.24) is 4.90 Å². The molecule has 2 aliphatic rings. The van der Waals surface area contributed by atoms with Gasteiger partial charge in [-0.05, 0) is 20.8 Å². The zero-order valence-electron chi connectivity index (χ0n) is 11.3. The molecule has 2 saturated heterocycles. The number of carbonyl (C=O) groups is 2. The molecule has 7 heteroatoms. The minimum atomic E-state index is -1.03. The van der Waals surface area contributed by atoms with Crippen LogP contribution < -0.4 is 0 Å². The number of hydrogen-bond acceptors (Lipinski definition) is 5. The van der Waals surface area contributed by atoms with Crippen LogP contribution in [0.15, 0.2) is 0 Å². The summed E-state index contributed by atoms with van der Waals surface area (Å²) >= 11 is 0. The molecule has 2 aliphatic heterocycles. The molecular formula is C12H19NO6. The molecule has 1 unspecified atom stereocenters. The zero-order valence-corrected chi connectivity index (χ0v) is 11.3. The highest BCUT2D eigenvalue weighted by atomic mass is 16.6. The van der Waals surface area contributed by atoms with Crippen LogP contribution in [0.5, 0.6) is 0 Å². The monoisotopic (exact) mass is 273 g/mol. The molecule has 108 valence electrons. The summed E-state index contributed by atoms with van der Waals surface area (Å²) in [5.74, 6) is -1.03. The maximum atomic E-state index is 11.8. The lowest BCUT2D eigenvalue weighted by atomic mass is 9.94. The van der Waals surface area contributed by atoms with Gasteiger partial charge < -0.3 is 24.2 Å². The average Bonchev–Trinajstić information content (AvgIpc) is 2.23. The van der Waals surface area contributed by atoms with Crippen LogP contribution in [0.4, 0.5) is 4.79 Å². The molecule has 0 aromatic carbocycles. The van der Waals surface area contributed by atoms with Gasteiger partial charge in [0.2, 0.25) is 0 Å². The van der Waals surface area contributed by atoms with Gasteiger partial charge in [-0.1, -0.05) is 0 Å². The van der Waals surface area contributed by atoms with E-state index in [0.29, 0.717) is 13.1 Å². The minimum absolute atomic E-state index is 0.0114. The van der Waals surface area contributed by atoms with Crippen molar-refractivity contribution in [3.8, 4) is 0 Å². The predicted molar refractivity (Wildman–Crippen MR) is 63.9 cm³/mol. The highest BCUT2D eigenvalue weighted by Gasteiger charge is 2.51. The van der Waals surface area contributed by atoms with Crippen LogP contribution in [0.1, 0.15) is 20.8 Å². The van der Waals surface area contributed by atoms with Crippen molar-refractivity contribution in [2.24, 2.45) is 0 Å². The van der Waals surface area contributed by atoms with Gasteiger partial charge in [-0.3, -0.25) is 0 Å². The van der Waals surface area contributed by atoms with Gasteiger partial charge in [-0.15, -0.1) is 0 Å². The van der Waals surface area contributed by atoms with Gasteiger partial charge in [0, 0.05) is 0 Å². The second kappa shape index (κ2) is 4.64. The molecule has 19 heavy (non-hydrogen) atoms. The number of amides is 1. The van der Waals surface area contributed by atoms with E-state index in [-0.39, 0.29) is 19.3 Å². The van der Waals surface area contributed by atoms with Gasteiger partial charge in [0.05, 0.1) is 26.3 Å². The zero-order chi connectivity index (χ0) is 14.3. The van der Waals surface area contributed by atoms with Crippen LogP contribution in [0.25, 0.3) is 0 Å². The van der Waals surface area contributed by atoms with Crippen LogP contribution in [-0.4, -0.2) is 65.7 Å². The number of rotatable bonds is 1. The summed E-state index contributed by atoms with van der Waals surface area (Å²) < 4.78 is 16.0. The first-order chi connectivity index (χ1) is 8.71. The summed E-state index contributed by atoms with van der Waals surface area (Å²) in [6, 6.07) is 0. The third-order valence-corrected chi connectivity index (χ3v) is 2.97. The number of nitrogens with zero attached hydrogens (tertiary/aromatic N) is 1. The SMILES string of the molecule is CC(C)(C)OC(=O)N1CC2(COC(C(=O)O)CO2)C1. The van der Waals surface area contributed by atoms with E-state index < -0.39 is 23.3 Å². The predicted octanol–water partition coefficient (Wildman–Crippen LogP) is 0.476. The maximum Gasteiger partial charge on any atom is 0.410 e. The molecule has 0 aromatic heterocycles. The molecule has 1 spiro atoms. The van der Waals surface area contributed by atoms with Crippen molar-refractivity contribution < 1.29 is 28.9 Å². The van der Waals surface area contributed by atoms with Gasteiger partial charge in [0.15, 0.2) is 6.10 Å². The quantitative estimate of drug-likeness (QED) is 0.747. The minimum Gasteiger partial charge on any atom is -0.479 e. The molecule has 2 heterocycles. The van der Waals surface area contributed by atoms with Gasteiger partial charge in [-0.2, -0.15) is 0 Å². The van der Waals surface area contributed by atoms with Gasteiger partial charge in [0.1, 0.15) is 11.2 Å². The van der Waals surface area contributed by atoms with E-state index in [2.05, 4.69) is 0 Å². The highest BCUT2D eigenvalue weighted by molar-refractivity contribution is 5.72. The second-order valence-corrected chi connectivity index (χ2v) is 5.97. The van der Waals surface area contributed by atoms with E-state index in [0.717, 1.165) is 0 Å². The van der Waals surface area contributed by atoms with Crippen molar-refractivity contribution in [2.75, 3.05) is 26.3 Å². The lowest BCUT2D eigenvalue weighted by molar-refractivity contribution is -0.237. The molecule has 0 bridgehead atoms. The average molecular weight is 273 g/mol. The van der Waals surface area contributed by atoms with Crippen LogP contribution in [0, 0.1) is 0 Å². The third-order valence-electron chi connectivity index (χ3n) is 2.97. The number of ether oxygens (including phenoxy) is 3. The Morgan fingerprint density at radius 3 is 2.42 bits per heavy atom. The first kappa shape index (κ1) is 14.1. The molecule has 1 amide bonds. The molecule has 0 aliphatic carbocycles. The Labute approximate surface area is 111 Å². The summed E-state index contributed by atoms with van der Waals surface area (Å²) in [4.78, 5) is 24.0. The third kappa shape index (κ3) is 3.16. The Morgan fingerprint density at radius 1 is 1.37 bits per heavy atom. The summed E-state index contributed by atoms with van der Waals surface area (Å²) in [5.41, 5.74) is -1.10. The number of carbonyl (C=O) groups excluding carboxylic acids is 1. The topological polar surface area (TPSA) is 85.3 Å². The lowest BCUT2D eigenvalue weighted by Gasteiger charge is -2.51. The van der Waals surface area contributed by atoms with E-state index in [9.17, 15) is 9.59 Å². The molecule has 0 saturated carbocycles. The van der Waals surface area contributed by atoms with Crippen molar-refractivity contribution in [3.63, 3.8) is 0 Å². The Hall–Kier alpha value is -1.34. The summed E-state index contributed by atoms with van der Waals surface area (Å²) in [7, 11) is 0. The van der Waals surface area contributed by atoms with Crippen molar-refractivity contribution in [2.45, 2.75) is 38.1 Å². The molecule has 2 rings (SSSR count). The Morgan fingerprint density at radius 2 is 2.00 bits per heavy atom. The van der Waals surface area contributed by atoms with Crippen molar-refractivity contribution in [3.05, 3.63) is 0 Å². The number of hydrogen-bond donors (Lipinski definition) is 1. The summed E-state index contributed by atoms with van der Waals surface area (Å²) in [6.07, 6.45) is -1.30. The van der Waals surface area contributed by atoms with Crippen LogP contribution in [-0.2, 0) is 19.0 Å². The number of aliphatic carboxylic acids is 1. The van der Waals surface area contributed by atoms with E-state index >= 15 is 0 Å². The van der Waals surface area contributed by atoms with Crippen LogP contribution >= 0.6 is 0 Å². The van der Waals surface area contributed by atoms with E-state index in [1.165, 1.54) is 4.90 Å². The standard InChI is InChI=1S/C12H19NO6/c1-11(2,3)19-10(16)13-5-12(6-13)7-17-8(4-18-12)9(14)15/h8H,4-7H2,1-3H3,(H,14,15). The largest absolute Gasteiger partial charge is 0.479 e. The van der Waals surface area contributed by atoms with E-state index in [4.69, 9.17) is 19.3 Å². The van der Waals surface area contributed by atoms with Crippen molar-refractivity contribution >= 4 is 12.1 Å². The van der Waals surface area contributed by atoms with Crippen LogP contribution in [0.2, 0.25) is 0 Å². The van der Waals surface area contributed by atoms with Gasteiger partial charge >= 0.3 is 12.1 Å². The van der Waals surface area contributed by atoms with E-state index in [1.807, 2.05) is 0 Å². The molecule has 1 N–H and O–H groups in total. The summed E-state index contributed by atoms with van der Waals surface area (Å²) in [6.45, 7) is 6.34. The number of likely N-dealkylation sites (tertiary alicyclic amines) is 1. The van der Waals surface area contributed by atoms with Gasteiger partial charge in [0.25, 0.3) is 0 Å². The van der Waals surface area contributed by atoms with E-state index in [1.54, 1.807) is 20.8 Å². The summed E-state index contributed by atoms with van der Waals surface area (Å²) in [5, 5.41) is 8.78. The fraction of sp³-hybridized carbons (Fsp3) is 0.833. The molecule has 0 radical (unpaired) electrons. The maximum absolute atomic E-state index is 11.8.